The second kappa shape index (κ2) is 6.91. The number of anilines is 1. The van der Waals surface area contributed by atoms with Gasteiger partial charge in [-0.2, -0.15) is 0 Å². The molecule has 1 N–H and O–H groups in total. The van der Waals surface area contributed by atoms with E-state index in [1.165, 1.54) is 0 Å². The minimum atomic E-state index is -0.715. The highest BCUT2D eigenvalue weighted by atomic mass is 16.5. The molecule has 0 saturated carbocycles. The standard InChI is InChI=1S/C22H23NO4/c1-5-27-17-12-6-14(7-13-17)18-19(24)21(26)23(20(18)25)16-10-8-15(9-11-16)22(2,3)4/h6-13,24H,5H2,1-4H3. The third-order valence-corrected chi connectivity index (χ3v) is 4.50. The summed E-state index contributed by atoms with van der Waals surface area (Å²) in [5, 5.41) is 10.3. The molecule has 0 unspecified atom stereocenters. The molecule has 2 amide bonds. The van der Waals surface area contributed by atoms with Crippen LogP contribution in [0.25, 0.3) is 5.57 Å². The number of hydrogen-bond donors (Lipinski definition) is 1. The van der Waals surface area contributed by atoms with Crippen LogP contribution in [-0.2, 0) is 15.0 Å². The van der Waals surface area contributed by atoms with Crippen LogP contribution < -0.4 is 9.64 Å². The lowest BCUT2D eigenvalue weighted by Crippen LogP contribution is -2.31. The molecule has 1 heterocycles. The van der Waals surface area contributed by atoms with Gasteiger partial charge in [0.05, 0.1) is 17.9 Å². The largest absolute Gasteiger partial charge is 0.502 e. The molecule has 0 spiro atoms. The van der Waals surface area contributed by atoms with Crippen molar-refractivity contribution in [1.29, 1.82) is 0 Å². The van der Waals surface area contributed by atoms with Gasteiger partial charge in [0.1, 0.15) is 5.75 Å². The van der Waals surface area contributed by atoms with Crippen molar-refractivity contribution < 1.29 is 19.4 Å². The van der Waals surface area contributed by atoms with Crippen molar-refractivity contribution in [3.05, 3.63) is 65.4 Å². The van der Waals surface area contributed by atoms with Crippen molar-refractivity contribution in [2.24, 2.45) is 0 Å². The van der Waals surface area contributed by atoms with Gasteiger partial charge in [-0.05, 0) is 47.7 Å². The molecule has 5 nitrogen and oxygen atoms in total. The molecular weight excluding hydrogens is 342 g/mol. The van der Waals surface area contributed by atoms with Gasteiger partial charge in [-0.1, -0.05) is 45.0 Å². The molecule has 0 saturated heterocycles. The number of ether oxygens (including phenoxy) is 1. The van der Waals surface area contributed by atoms with Crippen LogP contribution in [0.1, 0.15) is 38.8 Å². The summed E-state index contributed by atoms with van der Waals surface area (Å²) in [6.45, 7) is 8.68. The third kappa shape index (κ3) is 3.45. The van der Waals surface area contributed by atoms with Crippen LogP contribution in [0.3, 0.4) is 0 Å². The third-order valence-electron chi connectivity index (χ3n) is 4.50. The first-order valence-electron chi connectivity index (χ1n) is 8.90. The molecule has 0 radical (unpaired) electrons. The smallest absolute Gasteiger partial charge is 0.301 e. The van der Waals surface area contributed by atoms with Gasteiger partial charge in [0, 0.05) is 0 Å². The summed E-state index contributed by atoms with van der Waals surface area (Å²) in [4.78, 5) is 26.4. The van der Waals surface area contributed by atoms with Crippen molar-refractivity contribution in [1.82, 2.24) is 0 Å². The average molecular weight is 365 g/mol. The van der Waals surface area contributed by atoms with E-state index >= 15 is 0 Å². The molecule has 140 valence electrons. The molecule has 27 heavy (non-hydrogen) atoms. The maximum atomic E-state index is 12.9. The Morgan fingerprint density at radius 3 is 2.04 bits per heavy atom. The maximum absolute atomic E-state index is 12.9. The Hall–Kier alpha value is -3.08. The van der Waals surface area contributed by atoms with Crippen molar-refractivity contribution in [2.75, 3.05) is 11.5 Å². The van der Waals surface area contributed by atoms with Crippen molar-refractivity contribution in [3.8, 4) is 5.75 Å². The fraction of sp³-hybridized carbons (Fsp3) is 0.273. The summed E-state index contributed by atoms with van der Waals surface area (Å²) in [5.74, 6) is -1.13. The molecule has 1 aliphatic rings. The van der Waals surface area contributed by atoms with E-state index < -0.39 is 17.6 Å². The zero-order valence-corrected chi connectivity index (χ0v) is 15.9. The number of rotatable bonds is 4. The van der Waals surface area contributed by atoms with Crippen LogP contribution in [0.4, 0.5) is 5.69 Å². The SMILES string of the molecule is CCOc1ccc(C2=C(O)C(=O)N(c3ccc(C(C)(C)C)cc3)C2=O)cc1. The van der Waals surface area contributed by atoms with Gasteiger partial charge < -0.3 is 9.84 Å². The summed E-state index contributed by atoms with van der Waals surface area (Å²) in [7, 11) is 0. The molecule has 5 heteroatoms. The Bertz CT molecular complexity index is 903. The fourth-order valence-corrected chi connectivity index (χ4v) is 3.01. The first-order chi connectivity index (χ1) is 12.7. The Morgan fingerprint density at radius 2 is 1.52 bits per heavy atom. The van der Waals surface area contributed by atoms with Gasteiger partial charge in [0.25, 0.3) is 5.91 Å². The Balaban J connectivity index is 1.92. The van der Waals surface area contributed by atoms with E-state index in [9.17, 15) is 14.7 Å². The minimum absolute atomic E-state index is 0.00273. The van der Waals surface area contributed by atoms with E-state index in [1.807, 2.05) is 19.1 Å². The van der Waals surface area contributed by atoms with Gasteiger partial charge >= 0.3 is 5.91 Å². The topological polar surface area (TPSA) is 66.8 Å². The zero-order chi connectivity index (χ0) is 19.8. The normalized spacial score (nSPS) is 14.9. The molecule has 2 aromatic rings. The van der Waals surface area contributed by atoms with Gasteiger partial charge in [-0.25, -0.2) is 4.90 Å². The lowest BCUT2D eigenvalue weighted by atomic mass is 9.87. The van der Waals surface area contributed by atoms with Crippen LogP contribution in [-0.4, -0.2) is 23.5 Å². The molecule has 2 aromatic carbocycles. The van der Waals surface area contributed by atoms with Crippen molar-refractivity contribution in [3.63, 3.8) is 0 Å². The second-order valence-corrected chi connectivity index (χ2v) is 7.42. The molecular formula is C22H23NO4. The summed E-state index contributed by atoms with van der Waals surface area (Å²) >= 11 is 0. The van der Waals surface area contributed by atoms with Gasteiger partial charge in [-0.3, -0.25) is 9.59 Å². The number of hydrogen-bond acceptors (Lipinski definition) is 4. The number of aliphatic hydroxyl groups is 1. The maximum Gasteiger partial charge on any atom is 0.301 e. The van der Waals surface area contributed by atoms with Crippen LogP contribution in [0.5, 0.6) is 5.75 Å². The average Bonchev–Trinajstić information content (AvgIpc) is 2.85. The minimum Gasteiger partial charge on any atom is -0.502 e. The van der Waals surface area contributed by atoms with E-state index in [0.717, 1.165) is 10.5 Å². The summed E-state index contributed by atoms with van der Waals surface area (Å²) in [6.07, 6.45) is 0. The Kier molecular flexibility index (Phi) is 4.79. The molecule has 3 rings (SSSR count). The van der Waals surface area contributed by atoms with Crippen LogP contribution in [0.2, 0.25) is 0 Å². The van der Waals surface area contributed by atoms with Gasteiger partial charge in [0.2, 0.25) is 0 Å². The van der Waals surface area contributed by atoms with E-state index in [2.05, 4.69) is 20.8 Å². The quantitative estimate of drug-likeness (QED) is 0.824. The molecule has 0 bridgehead atoms. The highest BCUT2D eigenvalue weighted by Gasteiger charge is 2.40. The van der Waals surface area contributed by atoms with Gasteiger partial charge in [-0.15, -0.1) is 0 Å². The summed E-state index contributed by atoms with van der Waals surface area (Å²) in [6, 6.07) is 14.0. The summed E-state index contributed by atoms with van der Waals surface area (Å²) < 4.78 is 5.39. The highest BCUT2D eigenvalue weighted by molar-refractivity contribution is 6.44. The van der Waals surface area contributed by atoms with Gasteiger partial charge in [0.15, 0.2) is 5.76 Å². The van der Waals surface area contributed by atoms with Crippen LogP contribution in [0, 0.1) is 0 Å². The number of nitrogens with zero attached hydrogens (tertiary/aromatic N) is 1. The first kappa shape index (κ1) is 18.7. The van der Waals surface area contributed by atoms with E-state index in [1.54, 1.807) is 36.4 Å². The second-order valence-electron chi connectivity index (χ2n) is 7.42. The van der Waals surface area contributed by atoms with E-state index in [0.29, 0.717) is 23.6 Å². The predicted molar refractivity (Wildman–Crippen MR) is 105 cm³/mol. The summed E-state index contributed by atoms with van der Waals surface area (Å²) in [5.41, 5.74) is 1.97. The number of imide groups is 1. The number of amides is 2. The highest BCUT2D eigenvalue weighted by Crippen LogP contribution is 2.33. The molecule has 0 atom stereocenters. The monoisotopic (exact) mass is 365 g/mol. The fourth-order valence-electron chi connectivity index (χ4n) is 3.01. The number of benzene rings is 2. The Morgan fingerprint density at radius 1 is 0.926 bits per heavy atom. The van der Waals surface area contributed by atoms with Crippen LogP contribution in [0.15, 0.2) is 54.3 Å². The molecule has 0 aliphatic carbocycles. The predicted octanol–water partition coefficient (Wildman–Crippen LogP) is 4.23. The number of carbonyl (C=O) groups is 2. The van der Waals surface area contributed by atoms with E-state index in [-0.39, 0.29) is 11.0 Å². The van der Waals surface area contributed by atoms with Crippen molar-refractivity contribution in [2.45, 2.75) is 33.1 Å². The molecule has 0 aromatic heterocycles. The molecule has 1 aliphatic heterocycles. The lowest BCUT2D eigenvalue weighted by molar-refractivity contribution is -0.121. The van der Waals surface area contributed by atoms with Crippen LogP contribution >= 0.6 is 0 Å². The molecule has 0 fully saturated rings. The van der Waals surface area contributed by atoms with E-state index in [4.69, 9.17) is 4.74 Å². The number of aliphatic hydroxyl groups excluding tert-OH is 1. The number of carbonyl (C=O) groups excluding carboxylic acids is 2. The van der Waals surface area contributed by atoms with Crippen molar-refractivity contribution >= 4 is 23.1 Å². The lowest BCUT2D eigenvalue weighted by Gasteiger charge is -2.21. The zero-order valence-electron chi connectivity index (χ0n) is 15.9. The first-order valence-corrected chi connectivity index (χ1v) is 8.90. The Labute approximate surface area is 158 Å².